The van der Waals surface area contributed by atoms with E-state index in [0.29, 0.717) is 15.8 Å². The molecule has 3 rings (SSSR count). The van der Waals surface area contributed by atoms with E-state index in [1.807, 2.05) is 20.2 Å². The second-order valence-corrected chi connectivity index (χ2v) is 7.47. The van der Waals surface area contributed by atoms with E-state index in [-0.39, 0.29) is 11.9 Å². The highest BCUT2D eigenvalue weighted by Gasteiger charge is 2.20. The molecular formula is C17H19ClN2O2S. The van der Waals surface area contributed by atoms with Gasteiger partial charge in [0.05, 0.1) is 21.9 Å². The summed E-state index contributed by atoms with van der Waals surface area (Å²) in [6, 6.07) is 9.88. The highest BCUT2D eigenvalue weighted by Crippen LogP contribution is 2.29. The number of fused-ring (bicyclic) bond motifs is 1. The van der Waals surface area contributed by atoms with Crippen LogP contribution in [0.2, 0.25) is 4.34 Å². The number of carbonyl (C=O) groups excluding carboxylic acids is 1. The van der Waals surface area contributed by atoms with Gasteiger partial charge in [-0.2, -0.15) is 0 Å². The Morgan fingerprint density at radius 1 is 1.39 bits per heavy atom. The number of halogens is 1. The quantitative estimate of drug-likeness (QED) is 0.899. The summed E-state index contributed by atoms with van der Waals surface area (Å²) in [5.41, 5.74) is 2.43. The van der Waals surface area contributed by atoms with Crippen LogP contribution in [0.25, 0.3) is 0 Å². The van der Waals surface area contributed by atoms with Crippen LogP contribution >= 0.6 is 22.9 Å². The fourth-order valence-electron chi connectivity index (χ4n) is 2.73. The third-order valence-corrected chi connectivity index (χ3v) is 5.20. The van der Waals surface area contributed by atoms with Crippen LogP contribution in [0.5, 0.6) is 5.75 Å². The van der Waals surface area contributed by atoms with E-state index in [0.717, 1.165) is 18.8 Å². The first-order valence-corrected chi connectivity index (χ1v) is 8.69. The molecule has 2 heterocycles. The minimum atomic E-state index is -0.0850. The number of ether oxygens (including phenoxy) is 1. The highest BCUT2D eigenvalue weighted by atomic mass is 35.5. The SMILES string of the molecule is CN(C)C(CNC(=O)c1ccc(Cl)s1)c1ccc2c(c1)CCO2. The molecule has 0 spiro atoms. The van der Waals surface area contributed by atoms with E-state index in [2.05, 4.69) is 22.3 Å². The maximum atomic E-state index is 12.2. The molecule has 1 unspecified atom stereocenters. The Labute approximate surface area is 145 Å². The lowest BCUT2D eigenvalue weighted by atomic mass is 10.0. The summed E-state index contributed by atoms with van der Waals surface area (Å²) in [5.74, 6) is 0.891. The summed E-state index contributed by atoms with van der Waals surface area (Å²) in [7, 11) is 4.03. The number of rotatable bonds is 5. The van der Waals surface area contributed by atoms with Crippen molar-refractivity contribution in [1.82, 2.24) is 10.2 Å². The number of hydrogen-bond donors (Lipinski definition) is 1. The topological polar surface area (TPSA) is 41.6 Å². The first-order valence-electron chi connectivity index (χ1n) is 7.50. The summed E-state index contributed by atoms with van der Waals surface area (Å²) in [6.07, 6.45) is 0.948. The molecule has 1 aliphatic rings. The Morgan fingerprint density at radius 2 is 2.22 bits per heavy atom. The molecule has 1 N–H and O–H groups in total. The first kappa shape index (κ1) is 16.3. The van der Waals surface area contributed by atoms with E-state index in [4.69, 9.17) is 16.3 Å². The molecule has 0 saturated heterocycles. The fourth-order valence-corrected chi connectivity index (χ4v) is 3.68. The third-order valence-electron chi connectivity index (χ3n) is 3.97. The van der Waals surface area contributed by atoms with Crippen molar-refractivity contribution >= 4 is 28.8 Å². The predicted octanol–water partition coefficient (Wildman–Crippen LogP) is 3.37. The van der Waals surface area contributed by atoms with Crippen molar-refractivity contribution in [1.29, 1.82) is 0 Å². The molecule has 4 nitrogen and oxygen atoms in total. The Balaban J connectivity index is 1.71. The second kappa shape index (κ2) is 6.91. The monoisotopic (exact) mass is 350 g/mol. The van der Waals surface area contributed by atoms with Crippen molar-refractivity contribution in [2.45, 2.75) is 12.5 Å². The molecule has 1 aromatic carbocycles. The van der Waals surface area contributed by atoms with Gasteiger partial charge in [0, 0.05) is 13.0 Å². The van der Waals surface area contributed by atoms with Crippen molar-refractivity contribution in [3.63, 3.8) is 0 Å². The molecule has 0 bridgehead atoms. The van der Waals surface area contributed by atoms with E-state index in [9.17, 15) is 4.79 Å². The summed E-state index contributed by atoms with van der Waals surface area (Å²) < 4.78 is 6.18. The Kier molecular flexibility index (Phi) is 4.90. The van der Waals surface area contributed by atoms with Crippen LogP contribution < -0.4 is 10.1 Å². The molecule has 2 aromatic rings. The van der Waals surface area contributed by atoms with Crippen LogP contribution in [0.1, 0.15) is 26.8 Å². The lowest BCUT2D eigenvalue weighted by Crippen LogP contribution is -2.34. The normalized spacial score (nSPS) is 14.4. The zero-order valence-electron chi connectivity index (χ0n) is 13.1. The summed E-state index contributed by atoms with van der Waals surface area (Å²) >= 11 is 7.18. The number of carbonyl (C=O) groups is 1. The fraction of sp³-hybridized carbons (Fsp3) is 0.353. The molecule has 23 heavy (non-hydrogen) atoms. The number of benzene rings is 1. The zero-order chi connectivity index (χ0) is 16.4. The van der Waals surface area contributed by atoms with Crippen molar-refractivity contribution in [3.05, 3.63) is 50.7 Å². The molecule has 1 aliphatic heterocycles. The van der Waals surface area contributed by atoms with Crippen molar-refractivity contribution in [2.75, 3.05) is 27.2 Å². The molecule has 6 heteroatoms. The largest absolute Gasteiger partial charge is 0.493 e. The number of amides is 1. The maximum absolute atomic E-state index is 12.2. The number of thiophene rings is 1. The van der Waals surface area contributed by atoms with Gasteiger partial charge in [-0.1, -0.05) is 23.7 Å². The molecule has 0 aliphatic carbocycles. The van der Waals surface area contributed by atoms with Gasteiger partial charge in [-0.15, -0.1) is 11.3 Å². The van der Waals surface area contributed by atoms with Crippen LogP contribution in [0, 0.1) is 0 Å². The van der Waals surface area contributed by atoms with Crippen molar-refractivity contribution < 1.29 is 9.53 Å². The van der Waals surface area contributed by atoms with Gasteiger partial charge in [-0.25, -0.2) is 0 Å². The first-order chi connectivity index (χ1) is 11.0. The van der Waals surface area contributed by atoms with E-state index >= 15 is 0 Å². The van der Waals surface area contributed by atoms with Gasteiger partial charge < -0.3 is 15.0 Å². The number of likely N-dealkylation sites (N-methyl/N-ethyl adjacent to an activating group) is 1. The van der Waals surface area contributed by atoms with Gasteiger partial charge >= 0.3 is 0 Å². The van der Waals surface area contributed by atoms with Gasteiger partial charge in [0.1, 0.15) is 5.75 Å². The van der Waals surface area contributed by atoms with Crippen LogP contribution in [0.3, 0.4) is 0 Å². The van der Waals surface area contributed by atoms with Crippen LogP contribution in [-0.2, 0) is 6.42 Å². The third kappa shape index (κ3) is 3.68. The molecule has 122 valence electrons. The standard InChI is InChI=1S/C17H19ClN2O2S/c1-20(2)13(10-19-17(21)15-5-6-16(18)23-15)11-3-4-14-12(9-11)7-8-22-14/h3-6,9,13H,7-8,10H2,1-2H3,(H,19,21). The Bertz CT molecular complexity index is 714. The van der Waals surface area contributed by atoms with Crippen LogP contribution in [0.4, 0.5) is 0 Å². The average molecular weight is 351 g/mol. The van der Waals surface area contributed by atoms with Gasteiger partial charge in [0.15, 0.2) is 0 Å². The van der Waals surface area contributed by atoms with Gasteiger partial charge in [0.25, 0.3) is 5.91 Å². The van der Waals surface area contributed by atoms with Crippen LogP contribution in [-0.4, -0.2) is 38.1 Å². The number of nitrogens with one attached hydrogen (secondary N) is 1. The number of hydrogen-bond acceptors (Lipinski definition) is 4. The molecule has 0 saturated carbocycles. The molecule has 1 aromatic heterocycles. The van der Waals surface area contributed by atoms with E-state index in [1.54, 1.807) is 12.1 Å². The van der Waals surface area contributed by atoms with Gasteiger partial charge in [-0.3, -0.25) is 4.79 Å². The van der Waals surface area contributed by atoms with Crippen molar-refractivity contribution in [2.24, 2.45) is 0 Å². The lowest BCUT2D eigenvalue weighted by molar-refractivity contribution is 0.0946. The Hall–Kier alpha value is -1.56. The van der Waals surface area contributed by atoms with Crippen LogP contribution in [0.15, 0.2) is 30.3 Å². The minimum absolute atomic E-state index is 0.0850. The molecule has 0 fully saturated rings. The number of nitrogens with zero attached hydrogens (tertiary/aromatic N) is 1. The van der Waals surface area contributed by atoms with E-state index in [1.165, 1.54) is 22.5 Å². The average Bonchev–Trinajstić information content (AvgIpc) is 3.15. The molecular weight excluding hydrogens is 332 g/mol. The van der Waals surface area contributed by atoms with E-state index < -0.39 is 0 Å². The molecule has 1 atom stereocenters. The molecule has 1 amide bonds. The Morgan fingerprint density at radius 3 is 2.91 bits per heavy atom. The second-order valence-electron chi connectivity index (χ2n) is 5.76. The van der Waals surface area contributed by atoms with Gasteiger partial charge in [-0.05, 0) is 43.4 Å². The zero-order valence-corrected chi connectivity index (χ0v) is 14.7. The summed E-state index contributed by atoms with van der Waals surface area (Å²) in [4.78, 5) is 15.0. The minimum Gasteiger partial charge on any atom is -0.493 e. The smallest absolute Gasteiger partial charge is 0.261 e. The lowest BCUT2D eigenvalue weighted by Gasteiger charge is -2.25. The highest BCUT2D eigenvalue weighted by molar-refractivity contribution is 7.17. The predicted molar refractivity (Wildman–Crippen MR) is 93.7 cm³/mol. The molecule has 0 radical (unpaired) electrons. The van der Waals surface area contributed by atoms with Gasteiger partial charge in [0.2, 0.25) is 0 Å². The summed E-state index contributed by atoms with van der Waals surface area (Å²) in [5, 5.41) is 3.00. The maximum Gasteiger partial charge on any atom is 0.261 e. The summed E-state index contributed by atoms with van der Waals surface area (Å²) in [6.45, 7) is 1.29. The van der Waals surface area contributed by atoms with Crippen molar-refractivity contribution in [3.8, 4) is 5.75 Å².